The molecule has 1 saturated heterocycles. The third kappa shape index (κ3) is 2.74. The zero-order valence-corrected chi connectivity index (χ0v) is 11.6. The molecule has 0 bridgehead atoms. The fourth-order valence-electron chi connectivity index (χ4n) is 1.95. The van der Waals surface area contributed by atoms with Crippen molar-refractivity contribution in [2.24, 2.45) is 5.14 Å². The number of anilines is 1. The molecule has 0 radical (unpaired) electrons. The van der Waals surface area contributed by atoms with E-state index in [2.05, 4.69) is 0 Å². The second kappa shape index (κ2) is 5.00. The smallest absolute Gasteiger partial charge is 0.289 e. The molecule has 10 heteroatoms. The largest absolute Gasteiger partial charge is 0.311 e. The molecule has 0 aromatic heterocycles. The van der Waals surface area contributed by atoms with Gasteiger partial charge in [-0.1, -0.05) is 11.6 Å². The molecule has 1 aliphatic rings. The number of nitrogens with zero attached hydrogens (tertiary/aromatic N) is 2. The minimum atomic E-state index is -3.83. The highest BCUT2D eigenvalue weighted by atomic mass is 35.5. The van der Waals surface area contributed by atoms with Gasteiger partial charge in [-0.3, -0.25) is 14.9 Å². The summed E-state index contributed by atoms with van der Waals surface area (Å²) in [6.45, 7) is -0.129. The van der Waals surface area contributed by atoms with Crippen LogP contribution in [0.4, 0.5) is 11.4 Å². The Hall–Kier alpha value is -1.71. The van der Waals surface area contributed by atoms with E-state index in [4.69, 9.17) is 16.7 Å². The van der Waals surface area contributed by atoms with Gasteiger partial charge in [-0.05, 0) is 12.1 Å². The van der Waals surface area contributed by atoms with Crippen LogP contribution < -0.4 is 10.0 Å². The van der Waals surface area contributed by atoms with Crippen LogP contribution in [0.15, 0.2) is 18.2 Å². The number of nitrogens with two attached hydrogens (primary N) is 1. The van der Waals surface area contributed by atoms with Gasteiger partial charge in [-0.15, -0.1) is 0 Å². The van der Waals surface area contributed by atoms with E-state index >= 15 is 0 Å². The average molecular weight is 320 g/mol. The fourth-order valence-corrected chi connectivity index (χ4v) is 2.87. The van der Waals surface area contributed by atoms with Gasteiger partial charge in [0.05, 0.1) is 10.6 Å². The van der Waals surface area contributed by atoms with Crippen molar-refractivity contribution in [2.75, 3.05) is 11.4 Å². The molecular weight excluding hydrogens is 310 g/mol. The predicted molar refractivity (Wildman–Crippen MR) is 72.0 cm³/mol. The molecule has 20 heavy (non-hydrogen) atoms. The Morgan fingerprint density at radius 2 is 2.10 bits per heavy atom. The lowest BCUT2D eigenvalue weighted by atomic mass is 10.2. The predicted octanol–water partition coefficient (Wildman–Crippen LogP) is 0.642. The number of rotatable bonds is 3. The number of carbonyl (C=O) groups excluding carboxylic acids is 1. The first-order valence-corrected chi connectivity index (χ1v) is 7.45. The molecule has 1 fully saturated rings. The van der Waals surface area contributed by atoms with Gasteiger partial charge in [0, 0.05) is 19.0 Å². The molecular formula is C10H10ClN3O5S. The number of hydrogen-bond acceptors (Lipinski definition) is 5. The second-order valence-corrected chi connectivity index (χ2v) is 6.56. The van der Waals surface area contributed by atoms with Crippen LogP contribution >= 0.6 is 11.6 Å². The molecule has 1 amide bonds. The Labute approximate surface area is 119 Å². The molecule has 0 aliphatic carbocycles. The molecule has 1 aliphatic heterocycles. The number of sulfonamides is 1. The maximum atomic E-state index is 11.8. The maximum absolute atomic E-state index is 11.8. The van der Waals surface area contributed by atoms with Gasteiger partial charge < -0.3 is 4.90 Å². The number of halogens is 1. The van der Waals surface area contributed by atoms with E-state index in [-0.39, 0.29) is 29.4 Å². The van der Waals surface area contributed by atoms with Crippen LogP contribution in [0.1, 0.15) is 6.42 Å². The fraction of sp³-hybridized carbons (Fsp3) is 0.300. The van der Waals surface area contributed by atoms with E-state index in [9.17, 15) is 23.3 Å². The molecule has 1 heterocycles. The summed E-state index contributed by atoms with van der Waals surface area (Å²) in [5.41, 5.74) is -0.131. The van der Waals surface area contributed by atoms with Crippen LogP contribution in [-0.4, -0.2) is 31.0 Å². The Morgan fingerprint density at radius 3 is 2.60 bits per heavy atom. The van der Waals surface area contributed by atoms with E-state index in [1.54, 1.807) is 0 Å². The monoisotopic (exact) mass is 319 g/mol. The highest BCUT2D eigenvalue weighted by molar-refractivity contribution is 7.89. The zero-order chi connectivity index (χ0) is 15.1. The van der Waals surface area contributed by atoms with E-state index in [0.29, 0.717) is 0 Å². The lowest BCUT2D eigenvalue weighted by Crippen LogP contribution is -2.32. The third-order valence-corrected chi connectivity index (χ3v) is 4.56. The van der Waals surface area contributed by atoms with Crippen LogP contribution in [0, 0.1) is 10.1 Å². The number of hydrogen-bond donors (Lipinski definition) is 1. The first kappa shape index (κ1) is 14.7. The first-order chi connectivity index (χ1) is 9.20. The summed E-state index contributed by atoms with van der Waals surface area (Å²) >= 11 is 5.67. The summed E-state index contributed by atoms with van der Waals surface area (Å²) in [5.74, 6) is -0.458. The Morgan fingerprint density at radius 1 is 1.45 bits per heavy atom. The summed E-state index contributed by atoms with van der Waals surface area (Å²) in [6, 6.07) is 3.83. The standard InChI is InChI=1S/C10H10ClN3O5S/c11-8-2-1-6(3-9(8)14(16)17)13-5-7(4-10(13)15)20(12,18)19/h1-3,7H,4-5H2,(H2,12,18,19). The van der Waals surface area contributed by atoms with E-state index in [1.165, 1.54) is 12.1 Å². The summed E-state index contributed by atoms with van der Waals surface area (Å²) in [6.07, 6.45) is -0.241. The van der Waals surface area contributed by atoms with Gasteiger partial charge >= 0.3 is 0 Å². The summed E-state index contributed by atoms with van der Waals surface area (Å²) < 4.78 is 22.5. The summed E-state index contributed by atoms with van der Waals surface area (Å²) in [5, 5.41) is 14.7. The van der Waals surface area contributed by atoms with Crippen LogP contribution in [0.25, 0.3) is 0 Å². The van der Waals surface area contributed by atoms with Crippen LogP contribution in [0.3, 0.4) is 0 Å². The van der Waals surface area contributed by atoms with Crippen molar-refractivity contribution in [3.8, 4) is 0 Å². The van der Waals surface area contributed by atoms with Gasteiger partial charge in [0.1, 0.15) is 10.3 Å². The number of nitro benzene ring substituents is 1. The third-order valence-electron chi connectivity index (χ3n) is 2.99. The number of benzene rings is 1. The van der Waals surface area contributed by atoms with Gasteiger partial charge in [-0.2, -0.15) is 0 Å². The van der Waals surface area contributed by atoms with Gasteiger partial charge in [0.25, 0.3) is 5.69 Å². The van der Waals surface area contributed by atoms with E-state index in [1.807, 2.05) is 0 Å². The number of nitro groups is 1. The molecule has 2 N–H and O–H groups in total. The van der Waals surface area contributed by atoms with Crippen LogP contribution in [0.2, 0.25) is 5.02 Å². The van der Waals surface area contributed by atoms with Gasteiger partial charge in [0.2, 0.25) is 15.9 Å². The quantitative estimate of drug-likeness (QED) is 0.646. The molecule has 108 valence electrons. The normalized spacial score (nSPS) is 19.4. The van der Waals surface area contributed by atoms with Crippen molar-refractivity contribution in [1.29, 1.82) is 0 Å². The van der Waals surface area contributed by atoms with E-state index < -0.39 is 26.1 Å². The van der Waals surface area contributed by atoms with Gasteiger partial charge in [-0.25, -0.2) is 13.6 Å². The minimum Gasteiger partial charge on any atom is -0.311 e. The summed E-state index contributed by atoms with van der Waals surface area (Å²) in [4.78, 5) is 23.1. The number of amides is 1. The number of primary sulfonamides is 1. The number of carbonyl (C=O) groups is 1. The highest BCUT2D eigenvalue weighted by Crippen LogP contribution is 2.31. The molecule has 0 spiro atoms. The van der Waals surface area contributed by atoms with Crippen molar-refractivity contribution in [1.82, 2.24) is 0 Å². The van der Waals surface area contributed by atoms with Crippen molar-refractivity contribution in [3.05, 3.63) is 33.3 Å². The van der Waals surface area contributed by atoms with Crippen LogP contribution in [0.5, 0.6) is 0 Å². The highest BCUT2D eigenvalue weighted by Gasteiger charge is 2.37. The first-order valence-electron chi connectivity index (χ1n) is 5.46. The van der Waals surface area contributed by atoms with E-state index in [0.717, 1.165) is 11.0 Å². The SMILES string of the molecule is NS(=O)(=O)C1CC(=O)N(c2ccc(Cl)c([N+](=O)[O-])c2)C1. The maximum Gasteiger partial charge on any atom is 0.289 e. The average Bonchev–Trinajstić information content (AvgIpc) is 2.71. The molecule has 1 aromatic carbocycles. The molecule has 1 aromatic rings. The Kier molecular flexibility index (Phi) is 3.67. The summed E-state index contributed by atoms with van der Waals surface area (Å²) in [7, 11) is -3.83. The topological polar surface area (TPSA) is 124 Å². The Balaban J connectivity index is 2.36. The van der Waals surface area contributed by atoms with Crippen LogP contribution in [-0.2, 0) is 14.8 Å². The molecule has 1 atom stereocenters. The molecule has 1 unspecified atom stereocenters. The second-order valence-electron chi connectivity index (χ2n) is 4.31. The van der Waals surface area contributed by atoms with Gasteiger partial charge in [0.15, 0.2) is 0 Å². The zero-order valence-electron chi connectivity index (χ0n) is 10.0. The minimum absolute atomic E-state index is 0.0617. The Bertz CT molecular complexity index is 690. The van der Waals surface area contributed by atoms with Crippen molar-refractivity contribution < 1.29 is 18.1 Å². The molecule has 0 saturated carbocycles. The lowest BCUT2D eigenvalue weighted by Gasteiger charge is -2.16. The lowest BCUT2D eigenvalue weighted by molar-refractivity contribution is -0.384. The molecule has 2 rings (SSSR count). The van der Waals surface area contributed by atoms with Crippen molar-refractivity contribution in [3.63, 3.8) is 0 Å². The van der Waals surface area contributed by atoms with Crippen molar-refractivity contribution >= 4 is 38.9 Å². The molecule has 8 nitrogen and oxygen atoms in total. The van der Waals surface area contributed by atoms with Crippen molar-refractivity contribution in [2.45, 2.75) is 11.7 Å².